The monoisotopic (exact) mass is 448 g/mol. The lowest BCUT2D eigenvalue weighted by atomic mass is 9.89. The second-order valence-corrected chi connectivity index (χ2v) is 8.11. The molecule has 1 aliphatic heterocycles. The summed E-state index contributed by atoms with van der Waals surface area (Å²) in [4.78, 5) is 26.3. The predicted molar refractivity (Wildman–Crippen MR) is 122 cm³/mol. The first-order valence-corrected chi connectivity index (χ1v) is 10.3. The number of hydrogen-bond donors (Lipinski definition) is 1. The fourth-order valence-corrected chi connectivity index (χ4v) is 3.76. The van der Waals surface area contributed by atoms with Crippen LogP contribution in [0.3, 0.4) is 0 Å². The number of halogens is 2. The van der Waals surface area contributed by atoms with Gasteiger partial charge in [0.15, 0.2) is 11.4 Å². The van der Waals surface area contributed by atoms with Gasteiger partial charge >= 0.3 is 0 Å². The zero-order valence-corrected chi connectivity index (χ0v) is 18.6. The highest BCUT2D eigenvalue weighted by molar-refractivity contribution is 6.14. The Balaban J connectivity index is 1.54. The standard InChI is InChI=1S/C25H22F2N4O2/c1-5-17-23(31-33-25(17,3)4)15-9-10-16(14(2)11-15)20-12-29-21(13-28-20)30-24(32)22-18(26)7-6-8-19(22)27/h5-13H,1-4H3,(H,29,30,32). The number of allylic oxidation sites excluding steroid dienone is 1. The molecule has 1 N–H and O–H groups in total. The molecule has 1 aliphatic rings. The van der Waals surface area contributed by atoms with E-state index in [-0.39, 0.29) is 5.82 Å². The molecule has 6 nitrogen and oxygen atoms in total. The molecule has 33 heavy (non-hydrogen) atoms. The van der Waals surface area contributed by atoms with E-state index in [4.69, 9.17) is 4.84 Å². The Morgan fingerprint density at radius 1 is 1.09 bits per heavy atom. The zero-order valence-electron chi connectivity index (χ0n) is 18.6. The third-order valence-electron chi connectivity index (χ3n) is 5.42. The molecule has 8 heteroatoms. The molecule has 0 bridgehead atoms. The topological polar surface area (TPSA) is 76.5 Å². The summed E-state index contributed by atoms with van der Waals surface area (Å²) in [6, 6.07) is 9.08. The van der Waals surface area contributed by atoms with E-state index in [1.165, 1.54) is 18.5 Å². The van der Waals surface area contributed by atoms with Crippen molar-refractivity contribution in [1.29, 1.82) is 0 Å². The molecule has 0 atom stereocenters. The highest BCUT2D eigenvalue weighted by Gasteiger charge is 2.35. The lowest BCUT2D eigenvalue weighted by Gasteiger charge is -2.17. The zero-order chi connectivity index (χ0) is 23.8. The number of aromatic nitrogens is 2. The number of benzene rings is 2. The molecule has 3 aromatic rings. The number of carbonyl (C=O) groups excluding carboxylic acids is 1. The van der Waals surface area contributed by atoms with Gasteiger partial charge in [-0.3, -0.25) is 9.78 Å². The number of nitrogens with zero attached hydrogens (tertiary/aromatic N) is 3. The van der Waals surface area contributed by atoms with Crippen molar-refractivity contribution in [2.75, 3.05) is 5.32 Å². The third kappa shape index (κ3) is 4.24. The van der Waals surface area contributed by atoms with E-state index in [1.807, 2.05) is 52.0 Å². The van der Waals surface area contributed by atoms with Crippen LogP contribution in [0.1, 0.15) is 42.3 Å². The van der Waals surface area contributed by atoms with Gasteiger partial charge in [-0.2, -0.15) is 0 Å². The normalized spacial score (nSPS) is 15.8. The largest absolute Gasteiger partial charge is 0.384 e. The Morgan fingerprint density at radius 3 is 2.42 bits per heavy atom. The molecule has 168 valence electrons. The van der Waals surface area contributed by atoms with Gasteiger partial charge in [-0.05, 0) is 51.5 Å². The Kier molecular flexibility index (Phi) is 5.76. The minimum Gasteiger partial charge on any atom is -0.384 e. The Labute approximate surface area is 190 Å². The van der Waals surface area contributed by atoms with Gasteiger partial charge < -0.3 is 10.2 Å². The van der Waals surface area contributed by atoms with Crippen LogP contribution in [0.4, 0.5) is 14.6 Å². The molecule has 0 fully saturated rings. The van der Waals surface area contributed by atoms with E-state index >= 15 is 0 Å². The number of rotatable bonds is 4. The number of aryl methyl sites for hydroxylation is 1. The van der Waals surface area contributed by atoms with E-state index in [9.17, 15) is 13.6 Å². The fourth-order valence-electron chi connectivity index (χ4n) is 3.76. The van der Waals surface area contributed by atoms with Crippen LogP contribution in [0.5, 0.6) is 0 Å². The predicted octanol–water partition coefficient (Wildman–Crippen LogP) is 5.44. The summed E-state index contributed by atoms with van der Waals surface area (Å²) in [6.07, 6.45) is 4.83. The van der Waals surface area contributed by atoms with Crippen LogP contribution in [-0.2, 0) is 4.84 Å². The van der Waals surface area contributed by atoms with Crippen LogP contribution in [-0.4, -0.2) is 27.2 Å². The van der Waals surface area contributed by atoms with Crippen molar-refractivity contribution in [3.8, 4) is 11.3 Å². The van der Waals surface area contributed by atoms with Crippen molar-refractivity contribution in [3.63, 3.8) is 0 Å². The molecule has 0 aliphatic carbocycles. The highest BCUT2D eigenvalue weighted by atomic mass is 19.1. The summed E-state index contributed by atoms with van der Waals surface area (Å²) in [5.41, 5.74) is 3.98. The van der Waals surface area contributed by atoms with E-state index in [0.29, 0.717) is 5.69 Å². The van der Waals surface area contributed by atoms with Crippen LogP contribution < -0.4 is 5.32 Å². The Bertz CT molecular complexity index is 1280. The molecule has 0 radical (unpaired) electrons. The summed E-state index contributed by atoms with van der Waals surface area (Å²) >= 11 is 0. The molecular formula is C25H22F2N4O2. The fraction of sp³-hybridized carbons (Fsp3) is 0.200. The highest BCUT2D eigenvalue weighted by Crippen LogP contribution is 2.33. The number of nitrogens with one attached hydrogen (secondary N) is 1. The van der Waals surface area contributed by atoms with Crippen molar-refractivity contribution in [2.24, 2.45) is 5.16 Å². The average molecular weight is 448 g/mol. The van der Waals surface area contributed by atoms with E-state index in [1.54, 1.807) is 0 Å². The molecule has 0 spiro atoms. The SMILES string of the molecule is CC=C1C(c2ccc(-c3cnc(NC(=O)c4c(F)cccc4F)cn3)c(C)c2)=NOC1(C)C. The molecule has 2 heterocycles. The maximum atomic E-state index is 13.8. The van der Waals surface area contributed by atoms with Crippen LogP contribution >= 0.6 is 0 Å². The molecule has 1 amide bonds. The van der Waals surface area contributed by atoms with Crippen molar-refractivity contribution < 1.29 is 18.4 Å². The quantitative estimate of drug-likeness (QED) is 0.577. The van der Waals surface area contributed by atoms with Crippen LogP contribution in [0, 0.1) is 18.6 Å². The van der Waals surface area contributed by atoms with Gasteiger partial charge in [-0.1, -0.05) is 29.4 Å². The summed E-state index contributed by atoms with van der Waals surface area (Å²) in [5.74, 6) is -2.75. The lowest BCUT2D eigenvalue weighted by molar-refractivity contribution is 0.0348. The Morgan fingerprint density at radius 2 is 1.82 bits per heavy atom. The average Bonchev–Trinajstić information content (AvgIpc) is 3.08. The number of anilines is 1. The molecule has 2 aromatic carbocycles. The van der Waals surface area contributed by atoms with Gasteiger partial charge in [0.05, 0.1) is 18.1 Å². The first-order chi connectivity index (χ1) is 15.7. The van der Waals surface area contributed by atoms with Crippen molar-refractivity contribution >= 4 is 17.4 Å². The molecular weight excluding hydrogens is 426 g/mol. The molecule has 0 saturated carbocycles. The second kappa shape index (κ2) is 8.54. The maximum Gasteiger partial charge on any atom is 0.262 e. The van der Waals surface area contributed by atoms with Crippen molar-refractivity contribution in [2.45, 2.75) is 33.3 Å². The summed E-state index contributed by atoms with van der Waals surface area (Å²) < 4.78 is 27.6. The number of oxime groups is 1. The summed E-state index contributed by atoms with van der Waals surface area (Å²) in [5, 5.41) is 6.63. The van der Waals surface area contributed by atoms with Gasteiger partial charge in [0, 0.05) is 16.7 Å². The van der Waals surface area contributed by atoms with E-state index in [2.05, 4.69) is 20.4 Å². The lowest BCUT2D eigenvalue weighted by Crippen LogP contribution is -2.23. The number of carbonyl (C=O) groups is 1. The molecule has 0 saturated heterocycles. The van der Waals surface area contributed by atoms with Crippen molar-refractivity contribution in [1.82, 2.24) is 9.97 Å². The first kappa shape index (κ1) is 22.3. The van der Waals surface area contributed by atoms with Crippen LogP contribution in [0.15, 0.2) is 65.6 Å². The van der Waals surface area contributed by atoms with Gasteiger partial charge in [0.2, 0.25) is 0 Å². The van der Waals surface area contributed by atoms with Crippen LogP contribution in [0.25, 0.3) is 11.3 Å². The smallest absolute Gasteiger partial charge is 0.262 e. The number of hydrogen-bond acceptors (Lipinski definition) is 5. The van der Waals surface area contributed by atoms with Gasteiger partial charge in [0.1, 0.15) is 22.9 Å². The van der Waals surface area contributed by atoms with Crippen LogP contribution in [0.2, 0.25) is 0 Å². The Hall–Kier alpha value is -3.94. The van der Waals surface area contributed by atoms with E-state index < -0.39 is 28.7 Å². The second-order valence-electron chi connectivity index (χ2n) is 8.11. The van der Waals surface area contributed by atoms with Gasteiger partial charge in [-0.25, -0.2) is 13.8 Å². The molecule has 1 aromatic heterocycles. The summed E-state index contributed by atoms with van der Waals surface area (Å²) in [7, 11) is 0. The van der Waals surface area contributed by atoms with E-state index in [0.717, 1.165) is 40.1 Å². The molecule has 0 unspecified atom stereocenters. The summed E-state index contributed by atoms with van der Waals surface area (Å²) in [6.45, 7) is 7.85. The first-order valence-electron chi connectivity index (χ1n) is 10.3. The van der Waals surface area contributed by atoms with Gasteiger partial charge in [-0.15, -0.1) is 0 Å². The van der Waals surface area contributed by atoms with Crippen molar-refractivity contribution in [3.05, 3.63) is 88.8 Å². The van der Waals surface area contributed by atoms with Gasteiger partial charge in [0.25, 0.3) is 5.91 Å². The molecule has 4 rings (SSSR count). The minimum atomic E-state index is -0.950. The third-order valence-corrected chi connectivity index (χ3v) is 5.42. The number of amides is 1. The maximum absolute atomic E-state index is 13.8. The minimum absolute atomic E-state index is 0.0816.